The van der Waals surface area contributed by atoms with Crippen molar-refractivity contribution in [3.8, 4) is 0 Å². The van der Waals surface area contributed by atoms with Gasteiger partial charge in [0, 0.05) is 29.9 Å². The maximum Gasteiger partial charge on any atom is 0.260 e. The van der Waals surface area contributed by atoms with Crippen molar-refractivity contribution in [1.82, 2.24) is 4.90 Å². The molecule has 2 amide bonds. The highest BCUT2D eigenvalue weighted by atomic mass is 28.4. The van der Waals surface area contributed by atoms with Gasteiger partial charge in [-0.1, -0.05) is 102 Å². The SMILES string of the molecule is C=C1[C@@H](C)[C@H]2[C@H](Cc3ccccc3)N(C(=O)c3ccccc3)C(=O)[C@]23C(=O)CC[C@@](C)(O)[C@H](O)[C@@H](C)C/C=C/[C@H]3[C@@H]1O[Si](C)(C)C(C)(C)C. The molecule has 49 heavy (non-hydrogen) atoms. The van der Waals surface area contributed by atoms with Crippen LogP contribution in [0.2, 0.25) is 18.1 Å². The summed E-state index contributed by atoms with van der Waals surface area (Å²) in [6.45, 7) is 20.9. The highest BCUT2D eigenvalue weighted by Gasteiger charge is 2.72. The van der Waals surface area contributed by atoms with Gasteiger partial charge >= 0.3 is 0 Å². The molecule has 9 atom stereocenters. The fourth-order valence-corrected chi connectivity index (χ4v) is 9.62. The van der Waals surface area contributed by atoms with E-state index in [-0.39, 0.29) is 35.5 Å². The lowest BCUT2D eigenvalue weighted by atomic mass is 9.51. The standard InChI is InChI=1S/C41H55NO6Si/c1-26-17-16-22-31-35(48-49(8,9)39(4,5)6)28(3)27(2)34-32(25-29-18-12-10-13-19-29)42(37(45)30-20-14-11-15-21-30)38(46)41(31,34)33(43)23-24-40(7,47)36(26)44/h10-16,18-22,26-27,31-32,34-36,44,47H,3,17,23-25H2,1-2,4-9H3/b22-16+/t26-,27+,31-,32-,34-,35+,36+,40+,41+/m0/s1. The van der Waals surface area contributed by atoms with Crippen LogP contribution in [0, 0.1) is 29.1 Å². The van der Waals surface area contributed by atoms with Crippen molar-refractivity contribution < 1.29 is 29.0 Å². The molecular formula is C41H55NO6Si. The molecule has 2 fully saturated rings. The van der Waals surface area contributed by atoms with Crippen molar-refractivity contribution in [2.24, 2.45) is 29.1 Å². The first-order valence-electron chi connectivity index (χ1n) is 17.8. The Morgan fingerprint density at radius 2 is 1.63 bits per heavy atom. The molecule has 1 saturated heterocycles. The summed E-state index contributed by atoms with van der Waals surface area (Å²) in [5, 5.41) is 22.5. The van der Waals surface area contributed by atoms with Gasteiger partial charge in [0.25, 0.3) is 5.91 Å². The average molecular weight is 686 g/mol. The van der Waals surface area contributed by atoms with E-state index in [0.29, 0.717) is 18.4 Å². The Kier molecular flexibility index (Phi) is 10.2. The number of allylic oxidation sites excluding steroid dienone is 1. The third-order valence-corrected chi connectivity index (χ3v) is 16.7. The predicted octanol–water partition coefficient (Wildman–Crippen LogP) is 7.15. The van der Waals surface area contributed by atoms with Crippen LogP contribution in [0.25, 0.3) is 0 Å². The lowest BCUT2D eigenvalue weighted by Crippen LogP contribution is -2.61. The number of carbonyl (C=O) groups excluding carboxylic acids is 3. The maximum absolute atomic E-state index is 15.6. The predicted molar refractivity (Wildman–Crippen MR) is 195 cm³/mol. The van der Waals surface area contributed by atoms with Gasteiger partial charge in [0.15, 0.2) is 8.32 Å². The number of ketones is 1. The zero-order valence-corrected chi connectivity index (χ0v) is 31.5. The van der Waals surface area contributed by atoms with Crippen molar-refractivity contribution in [3.63, 3.8) is 0 Å². The van der Waals surface area contributed by atoms with Crippen molar-refractivity contribution in [2.75, 3.05) is 0 Å². The van der Waals surface area contributed by atoms with Crippen LogP contribution in [0.1, 0.15) is 76.7 Å². The molecule has 2 aromatic rings. The molecule has 2 N–H and O–H groups in total. The van der Waals surface area contributed by atoms with Crippen LogP contribution in [-0.4, -0.2) is 64.9 Å². The Hall–Kier alpha value is -3.17. The lowest BCUT2D eigenvalue weighted by Gasteiger charge is -2.53. The molecule has 1 saturated carbocycles. The normalized spacial score (nSPS) is 34.9. The van der Waals surface area contributed by atoms with E-state index in [1.165, 1.54) is 4.90 Å². The molecule has 0 unspecified atom stereocenters. The van der Waals surface area contributed by atoms with Gasteiger partial charge in [-0.3, -0.25) is 19.3 Å². The van der Waals surface area contributed by atoms with E-state index in [9.17, 15) is 15.0 Å². The molecule has 264 valence electrons. The van der Waals surface area contributed by atoms with E-state index in [4.69, 9.17) is 4.43 Å². The molecule has 7 nitrogen and oxygen atoms in total. The number of rotatable bonds is 5. The summed E-state index contributed by atoms with van der Waals surface area (Å²) in [6, 6.07) is 17.9. The highest BCUT2D eigenvalue weighted by molar-refractivity contribution is 6.74. The summed E-state index contributed by atoms with van der Waals surface area (Å²) >= 11 is 0. The Balaban J connectivity index is 1.79. The minimum Gasteiger partial charge on any atom is -0.410 e. The molecule has 2 aliphatic carbocycles. The third kappa shape index (κ3) is 6.46. The zero-order valence-electron chi connectivity index (χ0n) is 30.5. The first-order chi connectivity index (χ1) is 22.9. The van der Waals surface area contributed by atoms with Crippen LogP contribution in [0.4, 0.5) is 0 Å². The first kappa shape index (κ1) is 37.1. The van der Waals surface area contributed by atoms with Gasteiger partial charge in [0.1, 0.15) is 11.2 Å². The summed E-state index contributed by atoms with van der Waals surface area (Å²) in [4.78, 5) is 46.8. The van der Waals surface area contributed by atoms with Crippen molar-refractivity contribution >= 4 is 25.9 Å². The third-order valence-electron chi connectivity index (χ3n) is 12.3. The average Bonchev–Trinajstić information content (AvgIpc) is 3.30. The van der Waals surface area contributed by atoms with Gasteiger partial charge in [-0.05, 0) is 79.4 Å². The van der Waals surface area contributed by atoms with Crippen LogP contribution in [0.15, 0.2) is 85.0 Å². The van der Waals surface area contributed by atoms with E-state index < -0.39 is 61.2 Å². The minimum absolute atomic E-state index is 0.0229. The molecule has 3 aliphatic rings. The van der Waals surface area contributed by atoms with E-state index in [1.807, 2.05) is 62.4 Å². The van der Waals surface area contributed by atoms with Gasteiger partial charge < -0.3 is 14.6 Å². The van der Waals surface area contributed by atoms with Crippen LogP contribution < -0.4 is 0 Å². The monoisotopic (exact) mass is 685 g/mol. The smallest absolute Gasteiger partial charge is 0.260 e. The van der Waals surface area contributed by atoms with Crippen molar-refractivity contribution in [2.45, 2.75) is 109 Å². The second-order valence-electron chi connectivity index (χ2n) is 16.6. The van der Waals surface area contributed by atoms with Crippen LogP contribution in [0.5, 0.6) is 0 Å². The molecule has 0 aromatic heterocycles. The molecule has 8 heteroatoms. The van der Waals surface area contributed by atoms with Crippen molar-refractivity contribution in [3.05, 3.63) is 96.1 Å². The van der Waals surface area contributed by atoms with Gasteiger partial charge in [-0.15, -0.1) is 0 Å². The Morgan fingerprint density at radius 3 is 2.22 bits per heavy atom. The number of aliphatic hydroxyl groups excluding tert-OH is 1. The van der Waals surface area contributed by atoms with Gasteiger partial charge in [0.2, 0.25) is 5.91 Å². The lowest BCUT2D eigenvalue weighted by molar-refractivity contribution is -0.154. The van der Waals surface area contributed by atoms with Crippen LogP contribution in [0.3, 0.4) is 0 Å². The number of hydrogen-bond acceptors (Lipinski definition) is 6. The fraction of sp³-hybridized carbons (Fsp3) is 0.537. The second kappa shape index (κ2) is 13.5. The van der Waals surface area contributed by atoms with E-state index in [2.05, 4.69) is 40.4 Å². The van der Waals surface area contributed by atoms with Crippen LogP contribution >= 0.6 is 0 Å². The molecule has 0 bridgehead atoms. The molecular weight excluding hydrogens is 631 g/mol. The summed E-state index contributed by atoms with van der Waals surface area (Å²) in [5.41, 5.74) is -1.07. The summed E-state index contributed by atoms with van der Waals surface area (Å²) in [7, 11) is -2.49. The van der Waals surface area contributed by atoms with Crippen molar-refractivity contribution in [1.29, 1.82) is 0 Å². The number of Topliss-reactive ketones (excluding diaryl/α,β-unsaturated/α-hetero) is 1. The number of nitrogens with zero attached hydrogens (tertiary/aromatic N) is 1. The summed E-state index contributed by atoms with van der Waals surface area (Å²) in [5.74, 6) is -3.28. The first-order valence-corrected chi connectivity index (χ1v) is 20.7. The van der Waals surface area contributed by atoms with E-state index in [1.54, 1.807) is 31.2 Å². The van der Waals surface area contributed by atoms with Gasteiger partial charge in [0.05, 0.1) is 17.8 Å². The topological polar surface area (TPSA) is 104 Å². The highest BCUT2D eigenvalue weighted by Crippen LogP contribution is 2.61. The number of imide groups is 1. The summed E-state index contributed by atoms with van der Waals surface area (Å²) in [6.07, 6.45) is 2.78. The number of benzene rings is 2. The Morgan fingerprint density at radius 1 is 1.04 bits per heavy atom. The minimum atomic E-state index is -2.49. The number of likely N-dealkylation sites (tertiary alicyclic amines) is 1. The molecule has 2 aromatic carbocycles. The number of hydrogen-bond donors (Lipinski definition) is 2. The molecule has 1 spiro atoms. The maximum atomic E-state index is 15.6. The quantitative estimate of drug-likeness (QED) is 0.150. The zero-order chi connectivity index (χ0) is 36.1. The van der Waals surface area contributed by atoms with Gasteiger partial charge in [-0.25, -0.2) is 0 Å². The largest absolute Gasteiger partial charge is 0.410 e. The van der Waals surface area contributed by atoms with E-state index >= 15 is 9.59 Å². The number of carbonyl (C=O) groups is 3. The Labute approximate surface area is 293 Å². The fourth-order valence-electron chi connectivity index (χ4n) is 8.33. The molecule has 0 radical (unpaired) electrons. The number of aliphatic hydroxyl groups is 2. The van der Waals surface area contributed by atoms with Gasteiger partial charge in [-0.2, -0.15) is 0 Å². The van der Waals surface area contributed by atoms with Crippen LogP contribution in [-0.2, 0) is 20.4 Å². The summed E-state index contributed by atoms with van der Waals surface area (Å²) < 4.78 is 7.20. The second-order valence-corrected chi connectivity index (χ2v) is 21.3. The molecule has 1 heterocycles. The van der Waals surface area contributed by atoms with E-state index in [0.717, 1.165) is 11.1 Å². The molecule has 1 aliphatic heterocycles. The Bertz CT molecular complexity index is 1590. The number of amides is 2. The molecule has 5 rings (SSSR count).